The number of hydrogen-bond donors (Lipinski definition) is 2. The number of alkyl halides is 3. The predicted molar refractivity (Wildman–Crippen MR) is 75.0 cm³/mol. The Balaban J connectivity index is 2.14. The number of carbonyl (C=O) groups is 1. The molecule has 3 nitrogen and oxygen atoms in total. The van der Waals surface area contributed by atoms with Crippen molar-refractivity contribution in [3.05, 3.63) is 28.8 Å². The van der Waals surface area contributed by atoms with E-state index in [1.807, 2.05) is 0 Å². The van der Waals surface area contributed by atoms with E-state index in [0.717, 1.165) is 6.07 Å². The van der Waals surface area contributed by atoms with E-state index < -0.39 is 17.6 Å². The lowest BCUT2D eigenvalue weighted by Crippen LogP contribution is -2.32. The van der Waals surface area contributed by atoms with Gasteiger partial charge in [0.25, 0.3) is 0 Å². The SMILES string of the molecule is NC1CCC(C(=O)Nc2ccc(Cl)cc2C(F)(F)F)CC1. The molecule has 0 saturated heterocycles. The Morgan fingerprint density at radius 2 is 1.86 bits per heavy atom. The number of benzene rings is 1. The van der Waals surface area contributed by atoms with E-state index in [1.165, 1.54) is 12.1 Å². The van der Waals surface area contributed by atoms with E-state index >= 15 is 0 Å². The summed E-state index contributed by atoms with van der Waals surface area (Å²) in [5, 5.41) is 2.35. The molecule has 2 rings (SSSR count). The summed E-state index contributed by atoms with van der Waals surface area (Å²) in [6.07, 6.45) is -1.94. The van der Waals surface area contributed by atoms with Gasteiger partial charge in [-0.25, -0.2) is 0 Å². The van der Waals surface area contributed by atoms with Crippen molar-refractivity contribution in [3.8, 4) is 0 Å². The van der Waals surface area contributed by atoms with E-state index in [9.17, 15) is 18.0 Å². The molecule has 3 N–H and O–H groups in total. The van der Waals surface area contributed by atoms with Crippen molar-refractivity contribution >= 4 is 23.2 Å². The van der Waals surface area contributed by atoms with Crippen LogP contribution in [0.2, 0.25) is 5.02 Å². The van der Waals surface area contributed by atoms with Gasteiger partial charge in [0.1, 0.15) is 0 Å². The zero-order valence-electron chi connectivity index (χ0n) is 11.2. The van der Waals surface area contributed by atoms with Crippen LogP contribution < -0.4 is 11.1 Å². The average molecular weight is 321 g/mol. The minimum atomic E-state index is -4.57. The van der Waals surface area contributed by atoms with Crippen LogP contribution in [0.4, 0.5) is 18.9 Å². The first-order valence-electron chi connectivity index (χ1n) is 6.70. The fourth-order valence-corrected chi connectivity index (χ4v) is 2.65. The number of nitrogens with one attached hydrogen (secondary N) is 1. The fourth-order valence-electron chi connectivity index (χ4n) is 2.48. The Bertz CT molecular complexity index is 525. The van der Waals surface area contributed by atoms with Crippen LogP contribution in [-0.4, -0.2) is 11.9 Å². The van der Waals surface area contributed by atoms with Gasteiger partial charge in [-0.3, -0.25) is 4.79 Å². The molecule has 1 saturated carbocycles. The molecule has 0 bridgehead atoms. The van der Waals surface area contributed by atoms with Crippen LogP contribution in [0, 0.1) is 5.92 Å². The minimum Gasteiger partial charge on any atom is -0.328 e. The Kier molecular flexibility index (Phi) is 4.78. The number of halogens is 4. The summed E-state index contributed by atoms with van der Waals surface area (Å²) in [4.78, 5) is 12.1. The summed E-state index contributed by atoms with van der Waals surface area (Å²) >= 11 is 5.60. The Morgan fingerprint density at radius 1 is 1.24 bits per heavy atom. The largest absolute Gasteiger partial charge is 0.418 e. The quantitative estimate of drug-likeness (QED) is 0.870. The highest BCUT2D eigenvalue weighted by Gasteiger charge is 2.35. The smallest absolute Gasteiger partial charge is 0.328 e. The van der Waals surface area contributed by atoms with Crippen LogP contribution in [-0.2, 0) is 11.0 Å². The summed E-state index contributed by atoms with van der Waals surface area (Å²) in [6.45, 7) is 0. The Labute approximate surface area is 125 Å². The van der Waals surface area contributed by atoms with Gasteiger partial charge in [-0.15, -0.1) is 0 Å². The van der Waals surface area contributed by atoms with Crippen molar-refractivity contribution in [2.45, 2.75) is 37.9 Å². The maximum Gasteiger partial charge on any atom is 0.418 e. The standard InChI is InChI=1S/C14H16ClF3N2O/c15-9-3-6-12(11(7-9)14(16,17)18)20-13(21)8-1-4-10(19)5-2-8/h3,6-8,10H,1-2,4-5,19H2,(H,20,21). The molecule has 1 amide bonds. The van der Waals surface area contributed by atoms with Crippen LogP contribution in [0.25, 0.3) is 0 Å². The van der Waals surface area contributed by atoms with Gasteiger partial charge in [-0.1, -0.05) is 11.6 Å². The van der Waals surface area contributed by atoms with Crippen molar-refractivity contribution in [1.29, 1.82) is 0 Å². The van der Waals surface area contributed by atoms with Crippen LogP contribution in [0.1, 0.15) is 31.2 Å². The first kappa shape index (κ1) is 16.1. The van der Waals surface area contributed by atoms with Gasteiger partial charge in [-0.05, 0) is 43.9 Å². The van der Waals surface area contributed by atoms with Crippen molar-refractivity contribution in [3.63, 3.8) is 0 Å². The number of carbonyl (C=O) groups excluding carboxylic acids is 1. The lowest BCUT2D eigenvalue weighted by molar-refractivity contribution is -0.137. The molecule has 0 unspecified atom stereocenters. The van der Waals surface area contributed by atoms with Gasteiger partial charge < -0.3 is 11.1 Å². The molecule has 0 spiro atoms. The third-order valence-corrected chi connectivity index (χ3v) is 3.92. The highest BCUT2D eigenvalue weighted by Crippen LogP contribution is 2.37. The number of rotatable bonds is 2. The predicted octanol–water partition coefficient (Wildman–Crippen LogP) is 3.81. The van der Waals surface area contributed by atoms with Gasteiger partial charge in [0, 0.05) is 17.0 Å². The molecule has 116 valence electrons. The lowest BCUT2D eigenvalue weighted by atomic mass is 9.86. The van der Waals surface area contributed by atoms with E-state index in [-0.39, 0.29) is 22.7 Å². The van der Waals surface area contributed by atoms with Gasteiger partial charge in [0.05, 0.1) is 11.3 Å². The second-order valence-corrected chi connectivity index (χ2v) is 5.73. The molecule has 1 aliphatic rings. The monoisotopic (exact) mass is 320 g/mol. The summed E-state index contributed by atoms with van der Waals surface area (Å²) in [7, 11) is 0. The van der Waals surface area contributed by atoms with Crippen LogP contribution in [0.15, 0.2) is 18.2 Å². The van der Waals surface area contributed by atoms with Gasteiger partial charge >= 0.3 is 6.18 Å². The van der Waals surface area contributed by atoms with E-state index in [1.54, 1.807) is 0 Å². The van der Waals surface area contributed by atoms with Crippen LogP contribution in [0.3, 0.4) is 0 Å². The molecule has 0 aromatic heterocycles. The van der Waals surface area contributed by atoms with Crippen LogP contribution in [0.5, 0.6) is 0 Å². The molecule has 1 aromatic rings. The second-order valence-electron chi connectivity index (χ2n) is 5.29. The molecule has 1 aliphatic carbocycles. The molecule has 1 fully saturated rings. The third kappa shape index (κ3) is 4.11. The van der Waals surface area contributed by atoms with Crippen molar-refractivity contribution in [2.75, 3.05) is 5.32 Å². The van der Waals surface area contributed by atoms with Gasteiger partial charge in [0.15, 0.2) is 0 Å². The molecular formula is C14H16ClF3N2O. The number of hydrogen-bond acceptors (Lipinski definition) is 2. The zero-order valence-corrected chi connectivity index (χ0v) is 12.0. The van der Waals surface area contributed by atoms with E-state index in [2.05, 4.69) is 5.32 Å². The van der Waals surface area contributed by atoms with E-state index in [4.69, 9.17) is 17.3 Å². The van der Waals surface area contributed by atoms with E-state index in [0.29, 0.717) is 25.7 Å². The van der Waals surface area contributed by atoms with Crippen LogP contribution >= 0.6 is 11.6 Å². The highest BCUT2D eigenvalue weighted by atomic mass is 35.5. The maximum absolute atomic E-state index is 12.9. The first-order chi connectivity index (χ1) is 9.77. The van der Waals surface area contributed by atoms with Crippen molar-refractivity contribution in [1.82, 2.24) is 0 Å². The Hall–Kier alpha value is -1.27. The molecular weight excluding hydrogens is 305 g/mol. The van der Waals surface area contributed by atoms with Crippen molar-refractivity contribution < 1.29 is 18.0 Å². The first-order valence-corrected chi connectivity index (χ1v) is 7.08. The summed E-state index contributed by atoms with van der Waals surface area (Å²) in [5.74, 6) is -0.684. The summed E-state index contributed by atoms with van der Waals surface area (Å²) < 4.78 is 38.8. The summed E-state index contributed by atoms with van der Waals surface area (Å²) in [6, 6.07) is 3.39. The number of amides is 1. The highest BCUT2D eigenvalue weighted by molar-refractivity contribution is 6.30. The minimum absolute atomic E-state index is 0.0241. The topological polar surface area (TPSA) is 55.1 Å². The lowest BCUT2D eigenvalue weighted by Gasteiger charge is -2.25. The number of nitrogens with two attached hydrogens (primary N) is 1. The zero-order chi connectivity index (χ0) is 15.6. The molecule has 0 heterocycles. The molecule has 1 aromatic carbocycles. The molecule has 0 atom stereocenters. The normalized spacial score (nSPS) is 22.9. The van der Waals surface area contributed by atoms with Crippen molar-refractivity contribution in [2.24, 2.45) is 11.7 Å². The third-order valence-electron chi connectivity index (χ3n) is 3.69. The number of anilines is 1. The van der Waals surface area contributed by atoms with Gasteiger partial charge in [0.2, 0.25) is 5.91 Å². The fraction of sp³-hybridized carbons (Fsp3) is 0.500. The summed E-state index contributed by atoms with van der Waals surface area (Å²) in [5.41, 5.74) is 4.56. The van der Waals surface area contributed by atoms with Gasteiger partial charge in [-0.2, -0.15) is 13.2 Å². The second kappa shape index (κ2) is 6.23. The maximum atomic E-state index is 12.9. The molecule has 21 heavy (non-hydrogen) atoms. The molecule has 0 aliphatic heterocycles. The Morgan fingerprint density at radius 3 is 2.43 bits per heavy atom. The molecule has 0 radical (unpaired) electrons. The molecule has 7 heteroatoms. The average Bonchev–Trinajstić information content (AvgIpc) is 2.40.